The smallest absolute Gasteiger partial charge is 0.341 e. The predicted molar refractivity (Wildman–Crippen MR) is 132 cm³/mol. The van der Waals surface area contributed by atoms with Crippen LogP contribution in [0.15, 0.2) is 41.3 Å². The highest BCUT2D eigenvalue weighted by Gasteiger charge is 2.23. The first-order valence-electron chi connectivity index (χ1n) is 11.3. The van der Waals surface area contributed by atoms with E-state index in [2.05, 4.69) is 0 Å². The maximum absolute atomic E-state index is 14.7. The molecule has 0 aliphatic rings. The lowest BCUT2D eigenvalue weighted by Gasteiger charge is -2.25. The number of nitrogens with zero attached hydrogens (tertiary/aromatic N) is 1. The highest BCUT2D eigenvalue weighted by molar-refractivity contribution is 6.30. The molecule has 2 aromatic carbocycles. The average Bonchev–Trinajstić information content (AvgIpc) is 2.81. The molecule has 1 atom stereocenters. The molecule has 0 aliphatic heterocycles. The number of hydrogen-bond acceptors (Lipinski definition) is 5. The number of carboxylic acid groups (broad SMARTS) is 1. The van der Waals surface area contributed by atoms with Crippen LogP contribution in [0.5, 0.6) is 5.75 Å². The number of fused-ring (bicyclic) bond motifs is 1. The van der Waals surface area contributed by atoms with E-state index in [-0.39, 0.29) is 29.4 Å². The van der Waals surface area contributed by atoms with Gasteiger partial charge in [0, 0.05) is 44.2 Å². The number of aromatic carboxylic acids is 1. The van der Waals surface area contributed by atoms with E-state index in [9.17, 15) is 24.2 Å². The number of methoxy groups -OCH3 is 1. The number of carboxylic acids is 1. The topological polar surface area (TPSA) is 98.0 Å². The van der Waals surface area contributed by atoms with Gasteiger partial charge in [-0.25, -0.2) is 9.18 Å². The van der Waals surface area contributed by atoms with Crippen molar-refractivity contribution in [2.75, 3.05) is 26.9 Å². The molecule has 0 saturated carbocycles. The summed E-state index contributed by atoms with van der Waals surface area (Å²) in [7, 11) is 1.59. The van der Waals surface area contributed by atoms with Crippen LogP contribution in [-0.4, -0.2) is 47.7 Å². The molecule has 0 aliphatic carbocycles. The molecule has 0 amide bonds. The van der Waals surface area contributed by atoms with Crippen molar-refractivity contribution >= 4 is 28.5 Å². The maximum Gasteiger partial charge on any atom is 0.341 e. The standard InChI is InChI=1S/C26H29ClFNO6/c1-15(2)22(14-30)29-13-19(26(32)33)25(31)18-11-17(10-16-6-4-7-20(27)24(16)28)23(12-21(18)29)35-9-5-8-34-3/h4,6-7,11-13,15,22,30H,5,8-10,14H2,1-3H3,(H,32,33). The summed E-state index contributed by atoms with van der Waals surface area (Å²) in [5.74, 6) is -1.58. The second kappa shape index (κ2) is 11.7. The van der Waals surface area contributed by atoms with E-state index in [4.69, 9.17) is 21.1 Å². The number of halogens is 2. The van der Waals surface area contributed by atoms with Gasteiger partial charge in [0.15, 0.2) is 0 Å². The Labute approximate surface area is 207 Å². The molecule has 0 fully saturated rings. The van der Waals surface area contributed by atoms with Gasteiger partial charge in [-0.2, -0.15) is 0 Å². The highest BCUT2D eigenvalue weighted by Crippen LogP contribution is 2.32. The molecule has 0 radical (unpaired) electrons. The molecular formula is C26H29ClFNO6. The van der Waals surface area contributed by atoms with Crippen LogP contribution >= 0.6 is 11.6 Å². The fraction of sp³-hybridized carbons (Fsp3) is 0.385. The SMILES string of the molecule is COCCCOc1cc2c(cc1Cc1cccc(Cl)c1F)c(=O)c(C(=O)O)cn2C(CO)C(C)C. The van der Waals surface area contributed by atoms with E-state index in [1.54, 1.807) is 35.9 Å². The summed E-state index contributed by atoms with van der Waals surface area (Å²) in [4.78, 5) is 25.0. The Hall–Kier alpha value is -2.94. The second-order valence-electron chi connectivity index (χ2n) is 8.64. The number of aliphatic hydroxyl groups is 1. The first-order valence-corrected chi connectivity index (χ1v) is 11.7. The van der Waals surface area contributed by atoms with Crippen molar-refractivity contribution in [3.63, 3.8) is 0 Å². The van der Waals surface area contributed by atoms with Crippen LogP contribution in [0.4, 0.5) is 4.39 Å². The van der Waals surface area contributed by atoms with Gasteiger partial charge in [-0.1, -0.05) is 37.6 Å². The lowest BCUT2D eigenvalue weighted by Crippen LogP contribution is -2.25. The normalized spacial score (nSPS) is 12.3. The molecule has 0 bridgehead atoms. The third-order valence-corrected chi connectivity index (χ3v) is 6.21. The number of carbonyl (C=O) groups is 1. The van der Waals surface area contributed by atoms with Crippen molar-refractivity contribution in [2.45, 2.75) is 32.7 Å². The lowest BCUT2D eigenvalue weighted by molar-refractivity contribution is 0.0694. The summed E-state index contributed by atoms with van der Waals surface area (Å²) in [6.07, 6.45) is 1.95. The van der Waals surface area contributed by atoms with Gasteiger partial charge in [-0.3, -0.25) is 4.79 Å². The molecule has 35 heavy (non-hydrogen) atoms. The molecule has 1 heterocycles. The first kappa shape index (κ1) is 26.7. The minimum absolute atomic E-state index is 0.0240. The zero-order valence-corrected chi connectivity index (χ0v) is 20.6. The van der Waals surface area contributed by atoms with Crippen molar-refractivity contribution in [1.82, 2.24) is 4.57 Å². The summed E-state index contributed by atoms with van der Waals surface area (Å²) in [5, 5.41) is 19.8. The van der Waals surface area contributed by atoms with Crippen LogP contribution < -0.4 is 10.2 Å². The molecule has 3 rings (SSSR count). The summed E-state index contributed by atoms with van der Waals surface area (Å²) in [5.41, 5.74) is 0.161. The molecule has 0 saturated heterocycles. The van der Waals surface area contributed by atoms with Crippen molar-refractivity contribution in [2.24, 2.45) is 5.92 Å². The van der Waals surface area contributed by atoms with Gasteiger partial charge < -0.3 is 24.3 Å². The van der Waals surface area contributed by atoms with Crippen LogP contribution in [-0.2, 0) is 11.2 Å². The van der Waals surface area contributed by atoms with E-state index >= 15 is 0 Å². The van der Waals surface area contributed by atoms with E-state index < -0.39 is 28.8 Å². The van der Waals surface area contributed by atoms with Crippen LogP contribution in [0.1, 0.15) is 47.8 Å². The van der Waals surface area contributed by atoms with E-state index in [1.807, 2.05) is 13.8 Å². The Morgan fingerprint density at radius 3 is 2.57 bits per heavy atom. The Balaban J connectivity index is 2.27. The fourth-order valence-corrected chi connectivity index (χ4v) is 4.21. The third-order valence-electron chi connectivity index (χ3n) is 5.92. The first-order chi connectivity index (χ1) is 16.7. The number of benzene rings is 2. The number of pyridine rings is 1. The molecule has 2 N–H and O–H groups in total. The summed E-state index contributed by atoms with van der Waals surface area (Å²) in [6.45, 7) is 4.33. The monoisotopic (exact) mass is 505 g/mol. The third kappa shape index (κ3) is 5.83. The van der Waals surface area contributed by atoms with Crippen LogP contribution in [0.3, 0.4) is 0 Å². The molecular weight excluding hydrogens is 477 g/mol. The van der Waals surface area contributed by atoms with Gasteiger partial charge in [0.2, 0.25) is 5.43 Å². The molecule has 3 aromatic rings. The minimum atomic E-state index is -1.37. The number of aromatic nitrogens is 1. The number of rotatable bonds is 11. The van der Waals surface area contributed by atoms with Crippen molar-refractivity contribution < 1.29 is 28.9 Å². The van der Waals surface area contributed by atoms with Crippen molar-refractivity contribution in [1.29, 1.82) is 0 Å². The number of hydrogen-bond donors (Lipinski definition) is 2. The molecule has 9 heteroatoms. The Kier molecular flexibility index (Phi) is 8.88. The minimum Gasteiger partial charge on any atom is -0.493 e. The lowest BCUT2D eigenvalue weighted by atomic mass is 9.98. The van der Waals surface area contributed by atoms with Crippen LogP contribution in [0, 0.1) is 11.7 Å². The molecule has 1 aromatic heterocycles. The van der Waals surface area contributed by atoms with Crippen LogP contribution in [0.25, 0.3) is 10.9 Å². The van der Waals surface area contributed by atoms with Crippen molar-refractivity contribution in [3.05, 3.63) is 74.3 Å². The van der Waals surface area contributed by atoms with Crippen LogP contribution in [0.2, 0.25) is 5.02 Å². The van der Waals surface area contributed by atoms with E-state index in [1.165, 1.54) is 12.3 Å². The maximum atomic E-state index is 14.7. The zero-order chi connectivity index (χ0) is 25.7. The number of aliphatic hydroxyl groups excluding tert-OH is 1. The Morgan fingerprint density at radius 2 is 1.94 bits per heavy atom. The van der Waals surface area contributed by atoms with Gasteiger partial charge in [-0.15, -0.1) is 0 Å². The predicted octanol–water partition coefficient (Wildman–Crippen LogP) is 4.69. The Bertz CT molecular complexity index is 1270. The van der Waals surface area contributed by atoms with Gasteiger partial charge >= 0.3 is 5.97 Å². The summed E-state index contributed by atoms with van der Waals surface area (Å²) >= 11 is 5.95. The van der Waals surface area contributed by atoms with Gasteiger partial charge in [-0.05, 0) is 29.2 Å². The number of ether oxygens (including phenoxy) is 2. The summed E-state index contributed by atoms with van der Waals surface area (Å²) < 4.78 is 27.4. The highest BCUT2D eigenvalue weighted by atomic mass is 35.5. The van der Waals surface area contributed by atoms with Gasteiger partial charge in [0.1, 0.15) is 17.1 Å². The largest absolute Gasteiger partial charge is 0.493 e. The van der Waals surface area contributed by atoms with E-state index in [0.29, 0.717) is 42.0 Å². The van der Waals surface area contributed by atoms with E-state index in [0.717, 1.165) is 0 Å². The fourth-order valence-electron chi connectivity index (χ4n) is 4.02. The molecule has 1 unspecified atom stereocenters. The quantitative estimate of drug-likeness (QED) is 0.367. The van der Waals surface area contributed by atoms with Gasteiger partial charge in [0.25, 0.3) is 0 Å². The average molecular weight is 506 g/mol. The van der Waals surface area contributed by atoms with Gasteiger partial charge in [0.05, 0.1) is 29.8 Å². The second-order valence-corrected chi connectivity index (χ2v) is 9.05. The molecule has 0 spiro atoms. The molecule has 188 valence electrons. The summed E-state index contributed by atoms with van der Waals surface area (Å²) in [6, 6.07) is 7.38. The van der Waals surface area contributed by atoms with Crippen molar-refractivity contribution in [3.8, 4) is 5.75 Å². The zero-order valence-electron chi connectivity index (χ0n) is 19.9. The molecule has 7 nitrogen and oxygen atoms in total. The Morgan fingerprint density at radius 1 is 1.20 bits per heavy atom.